The number of carbonyl (C=O) groups is 2. The molecule has 1 amide bonds. The van der Waals surface area contributed by atoms with Crippen LogP contribution in [-0.2, 0) is 9.59 Å². The van der Waals surface area contributed by atoms with Gasteiger partial charge in [0.05, 0.1) is 6.42 Å². The molecule has 0 radical (unpaired) electrons. The minimum atomic E-state index is -0.865. The first-order valence-corrected chi connectivity index (χ1v) is 6.80. The van der Waals surface area contributed by atoms with Crippen LogP contribution in [0.15, 0.2) is 0 Å². The van der Waals surface area contributed by atoms with Gasteiger partial charge in [0.1, 0.15) is 0 Å². The molecule has 1 aliphatic carbocycles. The largest absolute Gasteiger partial charge is 0.481 e. The minimum Gasteiger partial charge on any atom is -0.481 e. The molecule has 1 rings (SSSR count). The van der Waals surface area contributed by atoms with Crippen molar-refractivity contribution in [3.8, 4) is 0 Å². The van der Waals surface area contributed by atoms with E-state index in [-0.39, 0.29) is 30.2 Å². The first-order chi connectivity index (χ1) is 8.58. The topological polar surface area (TPSA) is 92.4 Å². The van der Waals surface area contributed by atoms with Crippen LogP contribution < -0.4 is 11.1 Å². The number of carboxylic acid groups (broad SMARTS) is 1. The molecule has 4 N–H and O–H groups in total. The lowest BCUT2D eigenvalue weighted by Gasteiger charge is -2.22. The third-order valence-corrected chi connectivity index (χ3v) is 3.70. The number of rotatable bonds is 7. The molecule has 1 aliphatic rings. The Morgan fingerprint density at radius 1 is 1.44 bits per heavy atom. The maximum atomic E-state index is 12.1. The van der Waals surface area contributed by atoms with Crippen LogP contribution in [-0.4, -0.2) is 29.6 Å². The van der Waals surface area contributed by atoms with Gasteiger partial charge < -0.3 is 16.2 Å². The number of nitrogens with two attached hydrogens (primary N) is 1. The van der Waals surface area contributed by atoms with E-state index >= 15 is 0 Å². The second-order valence-corrected chi connectivity index (χ2v) is 5.13. The summed E-state index contributed by atoms with van der Waals surface area (Å²) in [4.78, 5) is 22.9. The number of carboxylic acids is 1. The van der Waals surface area contributed by atoms with Gasteiger partial charge in [-0.1, -0.05) is 19.8 Å². The van der Waals surface area contributed by atoms with Gasteiger partial charge in [0.2, 0.25) is 5.91 Å². The average molecular weight is 256 g/mol. The molecular weight excluding hydrogens is 232 g/mol. The van der Waals surface area contributed by atoms with Gasteiger partial charge in [0.15, 0.2) is 0 Å². The molecule has 104 valence electrons. The lowest BCUT2D eigenvalue weighted by atomic mass is 9.94. The van der Waals surface area contributed by atoms with Crippen molar-refractivity contribution in [3.63, 3.8) is 0 Å². The van der Waals surface area contributed by atoms with Crippen molar-refractivity contribution in [1.29, 1.82) is 0 Å². The smallest absolute Gasteiger partial charge is 0.305 e. The molecule has 0 aromatic heterocycles. The van der Waals surface area contributed by atoms with E-state index in [2.05, 4.69) is 5.32 Å². The fraction of sp³-hybridized carbons (Fsp3) is 0.846. The number of aliphatic carboxylic acids is 1. The summed E-state index contributed by atoms with van der Waals surface area (Å²) >= 11 is 0. The fourth-order valence-corrected chi connectivity index (χ4v) is 2.76. The zero-order chi connectivity index (χ0) is 13.5. The summed E-state index contributed by atoms with van der Waals surface area (Å²) in [6.07, 6.45) is 4.49. The third kappa shape index (κ3) is 4.29. The highest BCUT2D eigenvalue weighted by Gasteiger charge is 2.32. The van der Waals surface area contributed by atoms with Crippen molar-refractivity contribution < 1.29 is 14.7 Å². The van der Waals surface area contributed by atoms with Gasteiger partial charge in [-0.2, -0.15) is 0 Å². The molecule has 0 aromatic carbocycles. The van der Waals surface area contributed by atoms with Crippen molar-refractivity contribution in [2.75, 3.05) is 6.54 Å². The summed E-state index contributed by atoms with van der Waals surface area (Å²) in [6.45, 7) is 2.52. The molecule has 0 bridgehead atoms. The first-order valence-electron chi connectivity index (χ1n) is 6.80. The molecule has 1 fully saturated rings. The van der Waals surface area contributed by atoms with E-state index in [1.165, 1.54) is 0 Å². The van der Waals surface area contributed by atoms with Gasteiger partial charge in [-0.3, -0.25) is 9.59 Å². The van der Waals surface area contributed by atoms with Gasteiger partial charge in [0.25, 0.3) is 0 Å². The molecule has 0 aromatic rings. The van der Waals surface area contributed by atoms with E-state index in [1.54, 1.807) is 0 Å². The van der Waals surface area contributed by atoms with Crippen LogP contribution in [0.3, 0.4) is 0 Å². The van der Waals surface area contributed by atoms with E-state index in [0.717, 1.165) is 25.7 Å². The number of nitrogens with one attached hydrogen (secondary N) is 1. The number of amides is 1. The maximum absolute atomic E-state index is 12.1. The molecular formula is C13H24N2O3. The van der Waals surface area contributed by atoms with Crippen LogP contribution >= 0.6 is 0 Å². The Labute approximate surface area is 108 Å². The van der Waals surface area contributed by atoms with E-state index < -0.39 is 5.97 Å². The van der Waals surface area contributed by atoms with E-state index in [1.807, 2.05) is 6.92 Å². The van der Waals surface area contributed by atoms with E-state index in [0.29, 0.717) is 13.0 Å². The Morgan fingerprint density at radius 2 is 2.17 bits per heavy atom. The second-order valence-electron chi connectivity index (χ2n) is 5.13. The van der Waals surface area contributed by atoms with Gasteiger partial charge in [0, 0.05) is 12.0 Å². The Kier molecular flexibility index (Phi) is 6.12. The SMILES string of the molecule is CCCC(CC(=O)O)NC(=O)C1CCCC1CN. The lowest BCUT2D eigenvalue weighted by molar-refractivity contribution is -0.138. The highest BCUT2D eigenvalue weighted by atomic mass is 16.4. The van der Waals surface area contributed by atoms with Crippen LogP contribution in [0.1, 0.15) is 45.4 Å². The average Bonchev–Trinajstić information content (AvgIpc) is 2.76. The zero-order valence-electron chi connectivity index (χ0n) is 11.0. The molecule has 3 atom stereocenters. The summed E-state index contributed by atoms with van der Waals surface area (Å²) in [6, 6.07) is -0.251. The molecule has 0 saturated heterocycles. The van der Waals surface area contributed by atoms with Gasteiger partial charge >= 0.3 is 5.97 Å². The zero-order valence-corrected chi connectivity index (χ0v) is 11.0. The Balaban J connectivity index is 2.51. The Morgan fingerprint density at radius 3 is 2.72 bits per heavy atom. The predicted molar refractivity (Wildman–Crippen MR) is 69.0 cm³/mol. The summed E-state index contributed by atoms with van der Waals surface area (Å²) in [5.41, 5.74) is 5.66. The van der Waals surface area contributed by atoms with Crippen LogP contribution in [0.4, 0.5) is 0 Å². The molecule has 0 heterocycles. The predicted octanol–water partition coefficient (Wildman–Crippen LogP) is 1.12. The van der Waals surface area contributed by atoms with Crippen LogP contribution in [0.5, 0.6) is 0 Å². The summed E-state index contributed by atoms with van der Waals surface area (Å²) in [5.74, 6) is -0.640. The lowest BCUT2D eigenvalue weighted by Crippen LogP contribution is -2.42. The van der Waals surface area contributed by atoms with Gasteiger partial charge in [-0.15, -0.1) is 0 Å². The monoisotopic (exact) mass is 256 g/mol. The van der Waals surface area contributed by atoms with Crippen LogP contribution in [0, 0.1) is 11.8 Å². The molecule has 3 unspecified atom stereocenters. The Hall–Kier alpha value is -1.10. The maximum Gasteiger partial charge on any atom is 0.305 e. The summed E-state index contributed by atoms with van der Waals surface area (Å²) < 4.78 is 0. The van der Waals surface area contributed by atoms with Crippen LogP contribution in [0.2, 0.25) is 0 Å². The van der Waals surface area contributed by atoms with Crippen LogP contribution in [0.25, 0.3) is 0 Å². The number of carbonyl (C=O) groups excluding carboxylic acids is 1. The standard InChI is InChI=1S/C13H24N2O3/c1-2-4-10(7-12(16)17)15-13(18)11-6-3-5-9(11)8-14/h9-11H,2-8,14H2,1H3,(H,15,18)(H,16,17). The van der Waals surface area contributed by atoms with Crippen molar-refractivity contribution in [2.24, 2.45) is 17.6 Å². The van der Waals surface area contributed by atoms with Crippen molar-refractivity contribution in [2.45, 2.75) is 51.5 Å². The Bertz CT molecular complexity index is 294. The summed E-state index contributed by atoms with van der Waals surface area (Å²) in [5, 5.41) is 11.7. The quantitative estimate of drug-likeness (QED) is 0.636. The van der Waals surface area contributed by atoms with Crippen molar-refractivity contribution in [3.05, 3.63) is 0 Å². The number of hydrogen-bond acceptors (Lipinski definition) is 3. The van der Waals surface area contributed by atoms with Crippen molar-refractivity contribution >= 4 is 11.9 Å². The molecule has 0 aliphatic heterocycles. The first kappa shape index (κ1) is 15.0. The van der Waals surface area contributed by atoms with E-state index in [4.69, 9.17) is 10.8 Å². The molecule has 0 spiro atoms. The fourth-order valence-electron chi connectivity index (χ4n) is 2.76. The van der Waals surface area contributed by atoms with Gasteiger partial charge in [-0.05, 0) is 31.7 Å². The molecule has 5 nitrogen and oxygen atoms in total. The minimum absolute atomic E-state index is 0.000405. The molecule has 18 heavy (non-hydrogen) atoms. The van der Waals surface area contributed by atoms with E-state index in [9.17, 15) is 9.59 Å². The van der Waals surface area contributed by atoms with Gasteiger partial charge in [-0.25, -0.2) is 0 Å². The number of hydrogen-bond donors (Lipinski definition) is 3. The molecule has 1 saturated carbocycles. The third-order valence-electron chi connectivity index (χ3n) is 3.70. The normalized spacial score (nSPS) is 24.8. The summed E-state index contributed by atoms with van der Waals surface area (Å²) in [7, 11) is 0. The molecule has 5 heteroatoms. The van der Waals surface area contributed by atoms with Crippen molar-refractivity contribution in [1.82, 2.24) is 5.32 Å². The highest BCUT2D eigenvalue weighted by molar-refractivity contribution is 5.80. The second kappa shape index (κ2) is 7.36. The highest BCUT2D eigenvalue weighted by Crippen LogP contribution is 2.31.